The Hall–Kier alpha value is -2.91. The maximum absolute atomic E-state index is 12.3. The first kappa shape index (κ1) is 35.1. The summed E-state index contributed by atoms with van der Waals surface area (Å²) >= 11 is 3.43. The van der Waals surface area contributed by atoms with E-state index in [1.165, 1.54) is 24.9 Å². The Bertz CT molecular complexity index is 951. The van der Waals surface area contributed by atoms with Gasteiger partial charge in [0.05, 0.1) is 7.11 Å². The quantitative estimate of drug-likeness (QED) is 0.360. The summed E-state index contributed by atoms with van der Waals surface area (Å²) < 4.78 is 11.2. The fraction of sp³-hybridized carbons (Fsp3) is 0.483. The number of benzene rings is 2. The summed E-state index contributed by atoms with van der Waals surface area (Å²) in [5.41, 5.74) is 3.68. The Kier molecular flexibility index (Phi) is 18.6. The van der Waals surface area contributed by atoms with Gasteiger partial charge in [-0.2, -0.15) is 0 Å². The maximum atomic E-state index is 12.3. The highest BCUT2D eigenvalue weighted by atomic mass is 79.9. The number of methoxy groups -OCH3 is 1. The lowest BCUT2D eigenvalue weighted by Crippen LogP contribution is -2.26. The van der Waals surface area contributed by atoms with E-state index >= 15 is 0 Å². The van der Waals surface area contributed by atoms with Crippen LogP contribution in [-0.2, 0) is 20.8 Å². The molecule has 0 bridgehead atoms. The van der Waals surface area contributed by atoms with E-state index in [1.807, 2.05) is 56.2 Å². The van der Waals surface area contributed by atoms with Gasteiger partial charge in [0.25, 0.3) is 0 Å². The number of aliphatic hydroxyl groups excluding tert-OH is 1. The van der Waals surface area contributed by atoms with Crippen molar-refractivity contribution in [1.82, 2.24) is 4.90 Å². The molecule has 38 heavy (non-hydrogen) atoms. The SMILES string of the molecule is C=O.CC1CC1.CCO.CC[C@@H](COC(=O)Nc1ccc(C)c(CN(C)C(=O)OC)c1)c1ccc(Br)cc1. The van der Waals surface area contributed by atoms with Crippen molar-refractivity contribution < 1.29 is 29.0 Å². The molecule has 0 aliphatic heterocycles. The second-order valence-corrected chi connectivity index (χ2v) is 9.76. The highest BCUT2D eigenvalue weighted by molar-refractivity contribution is 9.10. The standard InChI is InChI=1S/C22H27BrN2O4.C4H8.C2H6O.CH2O/c1-5-16(17-7-9-19(23)10-8-17)14-29-21(26)24-20-11-6-15(2)18(12-20)13-25(3)22(27)28-4;1-4-2-3-4;1-2-3;1-2/h6-12,16H,5,13-14H2,1-4H3,(H,24,26);4H,2-3H2,1H3;3H,2H2,1H3;1H2/t16-;;;/m0.../s1. The molecule has 0 saturated heterocycles. The molecule has 0 spiro atoms. The van der Waals surface area contributed by atoms with E-state index in [9.17, 15) is 9.59 Å². The number of amides is 2. The highest BCUT2D eigenvalue weighted by Gasteiger charge is 2.15. The molecule has 8 nitrogen and oxygen atoms in total. The summed E-state index contributed by atoms with van der Waals surface area (Å²) in [7, 11) is 3.00. The van der Waals surface area contributed by atoms with E-state index in [0.29, 0.717) is 18.8 Å². The first-order valence-corrected chi connectivity index (χ1v) is 13.4. The monoisotopic (exact) mass is 594 g/mol. The number of nitrogens with one attached hydrogen (secondary N) is 1. The van der Waals surface area contributed by atoms with Crippen molar-refractivity contribution in [2.24, 2.45) is 5.92 Å². The van der Waals surface area contributed by atoms with E-state index in [1.54, 1.807) is 14.0 Å². The van der Waals surface area contributed by atoms with Crippen LogP contribution in [0.3, 0.4) is 0 Å². The van der Waals surface area contributed by atoms with E-state index in [2.05, 4.69) is 35.1 Å². The predicted octanol–water partition coefficient (Wildman–Crippen LogP) is 6.93. The van der Waals surface area contributed by atoms with E-state index in [0.717, 1.165) is 33.5 Å². The summed E-state index contributed by atoms with van der Waals surface area (Å²) in [6, 6.07) is 13.6. The largest absolute Gasteiger partial charge is 0.453 e. The Balaban J connectivity index is 0.00000131. The van der Waals surface area contributed by atoms with Gasteiger partial charge in [0.15, 0.2) is 0 Å². The van der Waals surface area contributed by atoms with Crippen LogP contribution in [0, 0.1) is 12.8 Å². The van der Waals surface area contributed by atoms with Crippen LogP contribution in [0.1, 0.15) is 62.6 Å². The minimum absolute atomic E-state index is 0.135. The zero-order valence-corrected chi connectivity index (χ0v) is 25.0. The number of ether oxygens (including phenoxy) is 2. The molecule has 1 saturated carbocycles. The molecular formula is C29H43BrN2O6. The first-order chi connectivity index (χ1) is 18.1. The third kappa shape index (κ3) is 14.7. The average molecular weight is 596 g/mol. The van der Waals surface area contributed by atoms with Gasteiger partial charge in [-0.15, -0.1) is 0 Å². The number of nitrogens with zero attached hydrogens (tertiary/aromatic N) is 1. The molecule has 0 aromatic heterocycles. The van der Waals surface area contributed by atoms with Crippen LogP contribution in [0.2, 0.25) is 0 Å². The second kappa shape index (κ2) is 20.1. The molecule has 2 N–H and O–H groups in total. The van der Waals surface area contributed by atoms with Gasteiger partial charge < -0.3 is 24.3 Å². The van der Waals surface area contributed by atoms with Crippen molar-refractivity contribution in [3.63, 3.8) is 0 Å². The van der Waals surface area contributed by atoms with Gasteiger partial charge >= 0.3 is 12.2 Å². The molecule has 1 aliphatic rings. The Morgan fingerprint density at radius 2 is 1.71 bits per heavy atom. The van der Waals surface area contributed by atoms with Crippen molar-refractivity contribution in [2.45, 2.75) is 59.4 Å². The molecule has 0 heterocycles. The second-order valence-electron chi connectivity index (χ2n) is 8.85. The van der Waals surface area contributed by atoms with Crippen LogP contribution in [0.4, 0.5) is 15.3 Å². The molecule has 2 amide bonds. The summed E-state index contributed by atoms with van der Waals surface area (Å²) in [6.45, 7) is 10.9. The molecule has 1 aliphatic carbocycles. The smallest absolute Gasteiger partial charge is 0.411 e. The number of aryl methyl sites for hydroxylation is 1. The van der Waals surface area contributed by atoms with E-state index in [4.69, 9.17) is 19.4 Å². The van der Waals surface area contributed by atoms with Gasteiger partial charge in [0.2, 0.25) is 0 Å². The average Bonchev–Trinajstić information content (AvgIpc) is 3.70. The van der Waals surface area contributed by atoms with Gasteiger partial charge in [0.1, 0.15) is 13.4 Å². The Morgan fingerprint density at radius 1 is 1.16 bits per heavy atom. The van der Waals surface area contributed by atoms with Crippen LogP contribution in [0.5, 0.6) is 0 Å². The summed E-state index contributed by atoms with van der Waals surface area (Å²) in [6.07, 6.45) is 2.92. The minimum atomic E-state index is -0.503. The lowest BCUT2D eigenvalue weighted by molar-refractivity contribution is -0.0980. The molecule has 3 rings (SSSR count). The number of carbonyl (C=O) groups is 3. The maximum Gasteiger partial charge on any atom is 0.411 e. The molecule has 212 valence electrons. The normalized spacial score (nSPS) is 12.1. The topological polar surface area (TPSA) is 105 Å². The van der Waals surface area contributed by atoms with Crippen LogP contribution in [0.15, 0.2) is 46.9 Å². The van der Waals surface area contributed by atoms with Crippen LogP contribution < -0.4 is 5.32 Å². The van der Waals surface area contributed by atoms with Gasteiger partial charge in [-0.3, -0.25) is 5.32 Å². The zero-order valence-electron chi connectivity index (χ0n) is 23.5. The highest BCUT2D eigenvalue weighted by Crippen LogP contribution is 2.26. The third-order valence-electron chi connectivity index (χ3n) is 5.61. The number of hydrogen-bond donors (Lipinski definition) is 2. The number of aliphatic hydroxyl groups is 1. The third-order valence-corrected chi connectivity index (χ3v) is 6.13. The fourth-order valence-electron chi connectivity index (χ4n) is 3.08. The fourth-order valence-corrected chi connectivity index (χ4v) is 3.34. The summed E-state index contributed by atoms with van der Waals surface area (Å²) in [4.78, 5) is 33.3. The van der Waals surface area contributed by atoms with Gasteiger partial charge in [-0.25, -0.2) is 9.59 Å². The molecular weight excluding hydrogens is 552 g/mol. The number of halogens is 1. The van der Waals surface area contributed by atoms with Crippen LogP contribution >= 0.6 is 15.9 Å². The summed E-state index contributed by atoms with van der Waals surface area (Å²) in [5.74, 6) is 1.22. The van der Waals surface area contributed by atoms with Crippen molar-refractivity contribution >= 4 is 40.6 Å². The molecule has 2 aromatic carbocycles. The molecule has 1 fully saturated rings. The van der Waals surface area contributed by atoms with Gasteiger partial charge in [0, 0.05) is 36.3 Å². The Labute approximate surface area is 235 Å². The van der Waals surface area contributed by atoms with Crippen molar-refractivity contribution in [2.75, 3.05) is 32.7 Å². The number of hydrogen-bond acceptors (Lipinski definition) is 6. The molecule has 1 atom stereocenters. The predicted molar refractivity (Wildman–Crippen MR) is 155 cm³/mol. The molecule has 0 unspecified atom stereocenters. The van der Waals surface area contributed by atoms with Crippen molar-refractivity contribution in [3.8, 4) is 0 Å². The summed E-state index contributed by atoms with van der Waals surface area (Å²) in [5, 5.41) is 10.3. The number of rotatable bonds is 7. The molecule has 9 heteroatoms. The van der Waals surface area contributed by atoms with Crippen LogP contribution in [0.25, 0.3) is 0 Å². The number of anilines is 1. The van der Waals surface area contributed by atoms with Crippen molar-refractivity contribution in [3.05, 3.63) is 63.6 Å². The first-order valence-electron chi connectivity index (χ1n) is 12.6. The van der Waals surface area contributed by atoms with Gasteiger partial charge in [-0.05, 0) is 67.1 Å². The Morgan fingerprint density at radius 3 is 2.18 bits per heavy atom. The van der Waals surface area contributed by atoms with Gasteiger partial charge in [-0.1, -0.05) is 60.8 Å². The van der Waals surface area contributed by atoms with E-state index < -0.39 is 12.2 Å². The van der Waals surface area contributed by atoms with E-state index in [-0.39, 0.29) is 12.5 Å². The number of carbonyl (C=O) groups excluding carboxylic acids is 3. The molecule has 2 aromatic rings. The molecule has 0 radical (unpaired) electrons. The lowest BCUT2D eigenvalue weighted by atomic mass is 9.98. The van der Waals surface area contributed by atoms with Crippen LogP contribution in [-0.4, -0.2) is 56.4 Å². The lowest BCUT2D eigenvalue weighted by Gasteiger charge is -2.18. The van der Waals surface area contributed by atoms with Crippen molar-refractivity contribution in [1.29, 1.82) is 0 Å². The zero-order chi connectivity index (χ0) is 29.1. The minimum Gasteiger partial charge on any atom is -0.453 e.